The van der Waals surface area contributed by atoms with Gasteiger partial charge in [0.2, 0.25) is 0 Å². The fourth-order valence-electron chi connectivity index (χ4n) is 4.07. The maximum Gasteiger partial charge on any atom is 0.302 e. The van der Waals surface area contributed by atoms with Crippen molar-refractivity contribution in [2.45, 2.75) is 12.2 Å². The molecule has 1 N–H and O–H groups in total. The van der Waals surface area contributed by atoms with E-state index in [0.717, 1.165) is 22.3 Å². The molecule has 0 aliphatic carbocycles. The quantitative estimate of drug-likeness (QED) is 0.420. The van der Waals surface area contributed by atoms with Crippen molar-refractivity contribution in [3.05, 3.63) is 83.9 Å². The van der Waals surface area contributed by atoms with Crippen LogP contribution in [-0.2, 0) is 7.05 Å². The van der Waals surface area contributed by atoms with Crippen molar-refractivity contribution in [1.29, 1.82) is 0 Å². The van der Waals surface area contributed by atoms with Gasteiger partial charge in [-0.1, -0.05) is 30.0 Å². The van der Waals surface area contributed by atoms with Crippen LogP contribution in [0, 0.1) is 5.82 Å². The first kappa shape index (κ1) is 23.7. The van der Waals surface area contributed by atoms with Gasteiger partial charge in [-0.25, -0.2) is 14.4 Å². The molecule has 182 valence electrons. The molecule has 0 saturated heterocycles. The van der Waals surface area contributed by atoms with Crippen molar-refractivity contribution in [3.8, 4) is 11.4 Å². The van der Waals surface area contributed by atoms with Crippen LogP contribution in [0.25, 0.3) is 22.4 Å². The summed E-state index contributed by atoms with van der Waals surface area (Å²) < 4.78 is 15.7. The molecule has 1 unspecified atom stereocenters. The van der Waals surface area contributed by atoms with E-state index in [-0.39, 0.29) is 35.3 Å². The molecule has 0 radical (unpaired) electrons. The zero-order valence-corrected chi connectivity index (χ0v) is 20.5. The molecule has 5 rings (SSSR count). The van der Waals surface area contributed by atoms with Crippen LogP contribution in [0.1, 0.15) is 22.8 Å². The van der Waals surface area contributed by atoms with Crippen LogP contribution in [0.2, 0.25) is 0 Å². The summed E-state index contributed by atoms with van der Waals surface area (Å²) in [5.41, 5.74) is 4.40. The predicted octanol–water partition coefficient (Wildman–Crippen LogP) is 4.47. The number of fused-ring (bicyclic) bond motifs is 1. The summed E-state index contributed by atoms with van der Waals surface area (Å²) in [6.07, 6.45) is 3.09. The zero-order valence-electron chi connectivity index (χ0n) is 19.7. The highest BCUT2D eigenvalue weighted by Crippen LogP contribution is 2.29. The molecule has 1 atom stereocenters. The number of carbonyl (C=O) groups is 2. The number of pyridine rings is 1. The zero-order chi connectivity index (χ0) is 25.2. The highest BCUT2D eigenvalue weighted by atomic mass is 32.2. The van der Waals surface area contributed by atoms with E-state index in [4.69, 9.17) is 4.98 Å². The first-order valence-electron chi connectivity index (χ1n) is 11.4. The summed E-state index contributed by atoms with van der Waals surface area (Å²) >= 11 is 1.19. The number of hydrazone groups is 1. The number of nitrogens with zero attached hydrogens (tertiary/aromatic N) is 5. The van der Waals surface area contributed by atoms with Crippen molar-refractivity contribution in [2.75, 3.05) is 13.1 Å². The van der Waals surface area contributed by atoms with E-state index in [1.807, 2.05) is 42.8 Å². The van der Waals surface area contributed by atoms with Crippen LogP contribution in [0.4, 0.5) is 9.18 Å². The highest BCUT2D eigenvalue weighted by molar-refractivity contribution is 8.14. The van der Waals surface area contributed by atoms with E-state index >= 15 is 0 Å². The van der Waals surface area contributed by atoms with Crippen LogP contribution in [-0.4, -0.2) is 54.7 Å². The average molecular weight is 503 g/mol. The lowest BCUT2D eigenvalue weighted by Crippen LogP contribution is -2.39. The van der Waals surface area contributed by atoms with Gasteiger partial charge in [0.05, 0.1) is 34.1 Å². The number of hydrogen-bond donors (Lipinski definition) is 1. The van der Waals surface area contributed by atoms with E-state index < -0.39 is 0 Å². The van der Waals surface area contributed by atoms with Crippen molar-refractivity contribution in [3.63, 3.8) is 0 Å². The molecular weight excluding hydrogens is 479 g/mol. The highest BCUT2D eigenvalue weighted by Gasteiger charge is 2.28. The van der Waals surface area contributed by atoms with Gasteiger partial charge in [0.15, 0.2) is 0 Å². The summed E-state index contributed by atoms with van der Waals surface area (Å²) in [5, 5.41) is 8.47. The van der Waals surface area contributed by atoms with E-state index in [9.17, 15) is 14.0 Å². The second-order valence-corrected chi connectivity index (χ2v) is 9.63. The molecule has 36 heavy (non-hydrogen) atoms. The Bertz CT molecular complexity index is 1490. The molecule has 0 fully saturated rings. The van der Waals surface area contributed by atoms with Gasteiger partial charge in [-0.2, -0.15) is 5.10 Å². The summed E-state index contributed by atoms with van der Waals surface area (Å²) in [6.45, 7) is 2.43. The second kappa shape index (κ2) is 9.90. The molecule has 2 amide bonds. The van der Waals surface area contributed by atoms with Gasteiger partial charge in [-0.15, -0.1) is 0 Å². The number of rotatable bonds is 6. The molecule has 0 bridgehead atoms. The Balaban J connectivity index is 1.37. The van der Waals surface area contributed by atoms with Crippen LogP contribution >= 0.6 is 11.8 Å². The van der Waals surface area contributed by atoms with Crippen molar-refractivity contribution < 1.29 is 14.0 Å². The SMILES string of the molecule is CC1SC(=O)N(CCNC(=O)c2cccnc2)N=C1c1ccc2c(c1)nc(-c1cccc(F)c1)n2C. The maximum absolute atomic E-state index is 13.8. The topological polar surface area (TPSA) is 92.5 Å². The lowest BCUT2D eigenvalue weighted by atomic mass is 10.1. The smallest absolute Gasteiger partial charge is 0.302 e. The van der Waals surface area contributed by atoms with Crippen molar-refractivity contribution in [1.82, 2.24) is 24.9 Å². The van der Waals surface area contributed by atoms with Crippen LogP contribution in [0.5, 0.6) is 0 Å². The Hall–Kier alpha value is -4.05. The number of nitrogens with one attached hydrogen (secondary N) is 1. The van der Waals surface area contributed by atoms with Crippen molar-refractivity contribution >= 4 is 39.7 Å². The van der Waals surface area contributed by atoms with Gasteiger partial charge in [0.1, 0.15) is 11.6 Å². The molecule has 2 aromatic heterocycles. The lowest BCUT2D eigenvalue weighted by molar-refractivity contribution is 0.0950. The molecule has 4 aromatic rings. The van der Waals surface area contributed by atoms with Gasteiger partial charge in [-0.3, -0.25) is 14.6 Å². The molecule has 10 heteroatoms. The standard InChI is InChI=1S/C26H23FN6O2S/c1-16-23(31-33(26(35)36-16)12-11-29-25(34)19-6-4-10-28-15-19)17-8-9-22-21(14-17)30-24(32(22)2)18-5-3-7-20(27)13-18/h3-10,13-16H,11-12H2,1-2H3,(H,29,34). The third-order valence-electron chi connectivity index (χ3n) is 5.89. The summed E-state index contributed by atoms with van der Waals surface area (Å²) in [4.78, 5) is 33.5. The molecule has 1 aliphatic heterocycles. The van der Waals surface area contributed by atoms with Crippen molar-refractivity contribution in [2.24, 2.45) is 12.1 Å². The number of halogens is 1. The predicted molar refractivity (Wildman–Crippen MR) is 138 cm³/mol. The first-order valence-corrected chi connectivity index (χ1v) is 12.3. The maximum atomic E-state index is 13.8. The second-order valence-electron chi connectivity index (χ2n) is 8.34. The van der Waals surface area contributed by atoms with E-state index in [0.29, 0.717) is 17.0 Å². The summed E-state index contributed by atoms with van der Waals surface area (Å²) in [6, 6.07) is 15.6. The minimum atomic E-state index is -0.316. The minimum absolute atomic E-state index is 0.150. The monoisotopic (exact) mass is 502 g/mol. The Kier molecular flexibility index (Phi) is 6.51. The Morgan fingerprint density at radius 3 is 2.78 bits per heavy atom. The molecule has 2 aromatic carbocycles. The number of aromatic nitrogens is 3. The Labute approximate surface area is 211 Å². The van der Waals surface area contributed by atoms with E-state index in [2.05, 4.69) is 15.4 Å². The Morgan fingerprint density at radius 1 is 1.14 bits per heavy atom. The summed E-state index contributed by atoms with van der Waals surface area (Å²) in [7, 11) is 1.89. The van der Waals surface area contributed by atoms with Gasteiger partial charge in [-0.05, 0) is 43.3 Å². The molecule has 8 nitrogen and oxygen atoms in total. The van der Waals surface area contributed by atoms with Crippen LogP contribution in [0.15, 0.2) is 72.1 Å². The number of hydrogen-bond acceptors (Lipinski definition) is 6. The number of thioether (sulfide) groups is 1. The lowest BCUT2D eigenvalue weighted by Gasteiger charge is -2.27. The fourth-order valence-corrected chi connectivity index (χ4v) is 4.92. The normalized spacial score (nSPS) is 15.8. The number of aryl methyl sites for hydroxylation is 1. The van der Waals surface area contributed by atoms with Gasteiger partial charge < -0.3 is 9.88 Å². The summed E-state index contributed by atoms with van der Waals surface area (Å²) in [5.74, 6) is 0.0901. The number of carbonyl (C=O) groups excluding carboxylic acids is 2. The molecular formula is C26H23FN6O2S. The third kappa shape index (κ3) is 4.72. The Morgan fingerprint density at radius 2 is 2.00 bits per heavy atom. The minimum Gasteiger partial charge on any atom is -0.350 e. The molecule has 3 heterocycles. The van der Waals surface area contributed by atoms with Crippen LogP contribution in [0.3, 0.4) is 0 Å². The van der Waals surface area contributed by atoms with Crippen LogP contribution < -0.4 is 5.32 Å². The third-order valence-corrected chi connectivity index (χ3v) is 6.88. The molecule has 1 aliphatic rings. The van der Waals surface area contributed by atoms with Gasteiger partial charge in [0.25, 0.3) is 5.91 Å². The molecule has 0 saturated carbocycles. The first-order chi connectivity index (χ1) is 17.4. The van der Waals surface area contributed by atoms with E-state index in [1.54, 1.807) is 24.4 Å². The fraction of sp³-hybridized carbons (Fsp3) is 0.192. The number of amides is 2. The van der Waals surface area contributed by atoms with Gasteiger partial charge in [0, 0.05) is 37.1 Å². The average Bonchev–Trinajstić information content (AvgIpc) is 3.21. The molecule has 0 spiro atoms. The number of benzene rings is 2. The van der Waals surface area contributed by atoms with Gasteiger partial charge >= 0.3 is 5.24 Å². The van der Waals surface area contributed by atoms with E-state index in [1.165, 1.54) is 35.1 Å². The largest absolute Gasteiger partial charge is 0.350 e. The number of imidazole rings is 1.